The van der Waals surface area contributed by atoms with E-state index in [0.29, 0.717) is 5.24 Å². The van der Waals surface area contributed by atoms with Crippen molar-refractivity contribution in [3.63, 3.8) is 0 Å². The maximum atomic E-state index is 5.27. The van der Waals surface area contributed by atoms with Crippen LogP contribution in [0.4, 0.5) is 0 Å². The van der Waals surface area contributed by atoms with E-state index in [9.17, 15) is 0 Å². The highest BCUT2D eigenvalue weighted by molar-refractivity contribution is 7.79. The molecule has 0 aromatic heterocycles. The van der Waals surface area contributed by atoms with Crippen LogP contribution in [0.5, 0.6) is 0 Å². The molecule has 3 heteroatoms. The molecule has 2 nitrogen and oxygen atoms in total. The quantitative estimate of drug-likeness (QED) is 0.499. The van der Waals surface area contributed by atoms with Crippen molar-refractivity contribution in [3.8, 4) is 0 Å². The highest BCUT2D eigenvalue weighted by atomic mass is 32.1. The summed E-state index contributed by atoms with van der Waals surface area (Å²) < 4.78 is 10.5. The number of hydrogen-bond donors (Lipinski definition) is 0. The van der Waals surface area contributed by atoms with Gasteiger partial charge in [0, 0.05) is 12.2 Å². The van der Waals surface area contributed by atoms with Gasteiger partial charge in [0.15, 0.2) is 0 Å². The molecule has 2 atom stereocenters. The van der Waals surface area contributed by atoms with Crippen molar-refractivity contribution in [2.45, 2.75) is 37.9 Å². The van der Waals surface area contributed by atoms with Crippen LogP contribution in [-0.2, 0) is 9.47 Å². The summed E-state index contributed by atoms with van der Waals surface area (Å²) in [5, 5.41) is 0.358. The van der Waals surface area contributed by atoms with Crippen LogP contribution in [0.2, 0.25) is 0 Å². The molecule has 2 fully saturated rings. The van der Waals surface area contributed by atoms with Crippen molar-refractivity contribution in [3.05, 3.63) is 0 Å². The first kappa shape index (κ1) is 6.40. The lowest BCUT2D eigenvalue weighted by atomic mass is 9.95. The van der Waals surface area contributed by atoms with Gasteiger partial charge in [0.2, 0.25) is 0 Å². The van der Waals surface area contributed by atoms with Crippen LogP contribution in [0.1, 0.15) is 25.7 Å². The summed E-state index contributed by atoms with van der Waals surface area (Å²) >= 11 is 4.79. The van der Waals surface area contributed by atoms with Crippen molar-refractivity contribution in [2.24, 2.45) is 0 Å². The van der Waals surface area contributed by atoms with Gasteiger partial charge in [-0.2, -0.15) is 0 Å². The van der Waals surface area contributed by atoms with Crippen LogP contribution in [-0.4, -0.2) is 17.4 Å². The molecule has 2 rings (SSSR count). The van der Waals surface area contributed by atoms with Crippen LogP contribution in [0, 0.1) is 0 Å². The first-order valence-corrected chi connectivity index (χ1v) is 4.14. The molecule has 1 heterocycles. The van der Waals surface area contributed by atoms with Crippen molar-refractivity contribution < 1.29 is 9.47 Å². The third kappa shape index (κ3) is 0.985. The Balaban J connectivity index is 2.04. The monoisotopic (exact) mass is 158 g/mol. The van der Waals surface area contributed by atoms with Gasteiger partial charge in [-0.05, 0) is 25.7 Å². The first-order valence-electron chi connectivity index (χ1n) is 3.73. The molecule has 2 aliphatic rings. The topological polar surface area (TPSA) is 18.5 Å². The van der Waals surface area contributed by atoms with E-state index in [1.54, 1.807) is 0 Å². The van der Waals surface area contributed by atoms with Crippen LogP contribution >= 0.6 is 12.2 Å². The minimum absolute atomic E-state index is 0.279. The van der Waals surface area contributed by atoms with Crippen molar-refractivity contribution >= 4 is 17.5 Å². The van der Waals surface area contributed by atoms with E-state index < -0.39 is 0 Å². The molecule has 1 saturated heterocycles. The Hall–Kier alpha value is -0.310. The molecule has 0 N–H and O–H groups in total. The molecule has 0 spiro atoms. The number of hydrogen-bond acceptors (Lipinski definition) is 3. The van der Waals surface area contributed by atoms with E-state index in [-0.39, 0.29) is 12.2 Å². The molecule has 0 unspecified atom stereocenters. The zero-order valence-corrected chi connectivity index (χ0v) is 6.52. The first-order chi connectivity index (χ1) is 4.86. The maximum Gasteiger partial charge on any atom is 0.353 e. The summed E-state index contributed by atoms with van der Waals surface area (Å²) in [6.45, 7) is 0. The van der Waals surface area contributed by atoms with Gasteiger partial charge in [-0.15, -0.1) is 0 Å². The second-order valence-corrected chi connectivity index (χ2v) is 3.18. The summed E-state index contributed by atoms with van der Waals surface area (Å²) in [6, 6.07) is 0. The number of fused-ring (bicyclic) bond motifs is 1. The molecule has 56 valence electrons. The molecule has 10 heavy (non-hydrogen) atoms. The highest BCUT2D eigenvalue weighted by Gasteiger charge is 2.35. The van der Waals surface area contributed by atoms with Gasteiger partial charge in [-0.1, -0.05) is 0 Å². The molecule has 0 aromatic carbocycles. The van der Waals surface area contributed by atoms with E-state index in [1.165, 1.54) is 12.8 Å². The summed E-state index contributed by atoms with van der Waals surface area (Å²) in [5.41, 5.74) is 0. The highest BCUT2D eigenvalue weighted by Crippen LogP contribution is 2.28. The van der Waals surface area contributed by atoms with Crippen molar-refractivity contribution in [1.82, 2.24) is 0 Å². The Morgan fingerprint density at radius 1 is 1.10 bits per heavy atom. The van der Waals surface area contributed by atoms with Crippen LogP contribution < -0.4 is 0 Å². The Morgan fingerprint density at radius 3 is 2.10 bits per heavy atom. The fourth-order valence-electron chi connectivity index (χ4n) is 1.61. The van der Waals surface area contributed by atoms with Gasteiger partial charge in [-0.3, -0.25) is 0 Å². The summed E-state index contributed by atoms with van der Waals surface area (Å²) in [4.78, 5) is 0. The number of ether oxygens (including phenoxy) is 2. The Morgan fingerprint density at radius 2 is 1.60 bits per heavy atom. The van der Waals surface area contributed by atoms with Gasteiger partial charge < -0.3 is 9.47 Å². The zero-order valence-electron chi connectivity index (χ0n) is 5.71. The predicted octanol–water partition coefficient (Wildman–Crippen LogP) is 1.63. The molecule has 1 aliphatic carbocycles. The SMILES string of the molecule is S=C1O[C@H]2CCCC[C@H]2O1. The predicted molar refractivity (Wildman–Crippen MR) is 40.8 cm³/mol. The van der Waals surface area contributed by atoms with E-state index in [4.69, 9.17) is 21.7 Å². The lowest BCUT2D eigenvalue weighted by Gasteiger charge is -2.19. The van der Waals surface area contributed by atoms with E-state index in [2.05, 4.69) is 0 Å². The third-order valence-corrected chi connectivity index (χ3v) is 2.33. The molecule has 1 saturated carbocycles. The molecule has 0 aromatic rings. The summed E-state index contributed by atoms with van der Waals surface area (Å²) in [7, 11) is 0. The lowest BCUT2D eigenvalue weighted by Crippen LogP contribution is -2.25. The van der Waals surface area contributed by atoms with Crippen LogP contribution in [0.25, 0.3) is 0 Å². The van der Waals surface area contributed by atoms with Crippen molar-refractivity contribution in [1.29, 1.82) is 0 Å². The third-order valence-electron chi connectivity index (χ3n) is 2.14. The van der Waals surface area contributed by atoms with E-state index in [0.717, 1.165) is 12.8 Å². The smallest absolute Gasteiger partial charge is 0.353 e. The van der Waals surface area contributed by atoms with Crippen LogP contribution in [0.3, 0.4) is 0 Å². The Labute approximate surface area is 65.5 Å². The van der Waals surface area contributed by atoms with E-state index >= 15 is 0 Å². The lowest BCUT2D eigenvalue weighted by molar-refractivity contribution is 0.110. The zero-order chi connectivity index (χ0) is 6.97. The van der Waals surface area contributed by atoms with Crippen molar-refractivity contribution in [2.75, 3.05) is 0 Å². The molecule has 1 aliphatic heterocycles. The fourth-order valence-corrected chi connectivity index (χ4v) is 1.85. The van der Waals surface area contributed by atoms with E-state index in [1.807, 2.05) is 0 Å². The second-order valence-electron chi connectivity index (χ2n) is 2.85. The molecule has 0 amide bonds. The molecular weight excluding hydrogens is 148 g/mol. The molecule has 0 bridgehead atoms. The van der Waals surface area contributed by atoms with Gasteiger partial charge >= 0.3 is 5.24 Å². The van der Waals surface area contributed by atoms with Gasteiger partial charge in [0.05, 0.1) is 0 Å². The standard InChI is InChI=1S/C7H10O2S/c10-7-8-5-3-1-2-4-6(5)9-7/h5-6H,1-4H2/t5-,6+. The van der Waals surface area contributed by atoms with Gasteiger partial charge in [0.25, 0.3) is 0 Å². The summed E-state index contributed by atoms with van der Waals surface area (Å²) in [5.74, 6) is 0. The van der Waals surface area contributed by atoms with Crippen LogP contribution in [0.15, 0.2) is 0 Å². The molecular formula is C7H10O2S. The normalized spacial score (nSPS) is 38.2. The Kier molecular flexibility index (Phi) is 1.52. The average Bonchev–Trinajstić information content (AvgIpc) is 2.27. The molecule has 0 radical (unpaired) electrons. The second kappa shape index (κ2) is 2.38. The largest absolute Gasteiger partial charge is 0.450 e. The van der Waals surface area contributed by atoms with Gasteiger partial charge in [-0.25, -0.2) is 0 Å². The maximum absolute atomic E-state index is 5.27. The number of thiocarbonyl (C=S) groups is 1. The fraction of sp³-hybridized carbons (Fsp3) is 0.857. The minimum atomic E-state index is 0.279. The number of rotatable bonds is 0. The Bertz CT molecular complexity index is 142. The minimum Gasteiger partial charge on any atom is -0.450 e. The summed E-state index contributed by atoms with van der Waals surface area (Å²) in [6.07, 6.45) is 5.30. The van der Waals surface area contributed by atoms with Gasteiger partial charge in [0.1, 0.15) is 12.2 Å². The average molecular weight is 158 g/mol.